The van der Waals surface area contributed by atoms with Crippen LogP contribution >= 0.6 is 22.9 Å². The van der Waals surface area contributed by atoms with Crippen LogP contribution in [0.4, 0.5) is 15.8 Å². The van der Waals surface area contributed by atoms with E-state index in [2.05, 4.69) is 15.0 Å². The van der Waals surface area contributed by atoms with E-state index in [9.17, 15) is 17.6 Å². The summed E-state index contributed by atoms with van der Waals surface area (Å²) < 4.78 is 41.3. The number of halogens is 2. The summed E-state index contributed by atoms with van der Waals surface area (Å²) in [5.41, 5.74) is 0.805. The van der Waals surface area contributed by atoms with Gasteiger partial charge in [0.2, 0.25) is 5.91 Å². The number of thiazole rings is 1. The van der Waals surface area contributed by atoms with Crippen molar-refractivity contribution in [2.75, 3.05) is 10.0 Å². The molecule has 2 aromatic carbocycles. The Labute approximate surface area is 176 Å². The van der Waals surface area contributed by atoms with Crippen molar-refractivity contribution in [3.63, 3.8) is 0 Å². The van der Waals surface area contributed by atoms with E-state index in [0.717, 1.165) is 17.1 Å². The molecule has 2 N–H and O–H groups in total. The lowest BCUT2D eigenvalue weighted by Gasteiger charge is -2.13. The second-order valence-corrected chi connectivity index (χ2v) is 8.99. The molecule has 0 bridgehead atoms. The van der Waals surface area contributed by atoms with E-state index in [1.807, 2.05) is 6.92 Å². The van der Waals surface area contributed by atoms with Gasteiger partial charge in [0.25, 0.3) is 10.0 Å². The molecule has 0 saturated carbocycles. The molecule has 3 rings (SSSR count). The first-order valence-electron chi connectivity index (χ1n) is 8.23. The van der Waals surface area contributed by atoms with Crippen molar-refractivity contribution in [3.8, 4) is 0 Å². The molecular formula is C19H15ClFN3O3S2. The summed E-state index contributed by atoms with van der Waals surface area (Å²) in [5.74, 6) is -1.40. The van der Waals surface area contributed by atoms with Crippen LogP contribution in [0.25, 0.3) is 6.08 Å². The number of carbonyl (C=O) groups is 1. The zero-order valence-electron chi connectivity index (χ0n) is 15.0. The number of hydrogen-bond donors (Lipinski definition) is 2. The summed E-state index contributed by atoms with van der Waals surface area (Å²) in [4.78, 5) is 15.9. The lowest BCUT2D eigenvalue weighted by molar-refractivity contribution is -0.111. The van der Waals surface area contributed by atoms with Crippen molar-refractivity contribution in [1.29, 1.82) is 0 Å². The largest absolute Gasteiger partial charge is 0.321 e. The van der Waals surface area contributed by atoms with Crippen molar-refractivity contribution in [1.82, 2.24) is 4.98 Å². The Hall–Kier alpha value is -2.75. The highest BCUT2D eigenvalue weighted by molar-refractivity contribution is 7.92. The maximum absolute atomic E-state index is 13.9. The molecule has 1 heterocycles. The zero-order valence-corrected chi connectivity index (χ0v) is 17.4. The molecule has 0 saturated heterocycles. The van der Waals surface area contributed by atoms with Crippen molar-refractivity contribution in [3.05, 3.63) is 75.5 Å². The number of sulfonamides is 1. The molecule has 0 aliphatic carbocycles. The van der Waals surface area contributed by atoms with Crippen LogP contribution in [-0.2, 0) is 14.8 Å². The number of amides is 1. The molecule has 0 radical (unpaired) electrons. The Bertz CT molecular complexity index is 1190. The van der Waals surface area contributed by atoms with E-state index in [1.54, 1.807) is 5.38 Å². The van der Waals surface area contributed by atoms with E-state index in [4.69, 9.17) is 11.6 Å². The summed E-state index contributed by atoms with van der Waals surface area (Å²) in [6, 6.07) is 9.20. The highest BCUT2D eigenvalue weighted by Crippen LogP contribution is 2.28. The maximum Gasteiger partial charge on any atom is 0.264 e. The number of aryl methyl sites for hydroxylation is 1. The molecule has 0 spiro atoms. The van der Waals surface area contributed by atoms with Gasteiger partial charge in [0.1, 0.15) is 10.7 Å². The van der Waals surface area contributed by atoms with E-state index in [-0.39, 0.29) is 16.4 Å². The van der Waals surface area contributed by atoms with Gasteiger partial charge >= 0.3 is 0 Å². The number of nitrogens with one attached hydrogen (secondary N) is 2. The second-order valence-electron chi connectivity index (χ2n) is 5.84. The van der Waals surface area contributed by atoms with Gasteiger partial charge in [-0.3, -0.25) is 9.52 Å². The van der Waals surface area contributed by atoms with Gasteiger partial charge in [-0.25, -0.2) is 17.8 Å². The summed E-state index contributed by atoms with van der Waals surface area (Å²) in [5, 5.41) is 5.51. The van der Waals surface area contributed by atoms with Crippen LogP contribution in [0.15, 0.2) is 58.8 Å². The summed E-state index contributed by atoms with van der Waals surface area (Å²) >= 11 is 7.43. The Morgan fingerprint density at radius 2 is 1.97 bits per heavy atom. The smallest absolute Gasteiger partial charge is 0.264 e. The van der Waals surface area contributed by atoms with Gasteiger partial charge in [0.15, 0.2) is 0 Å². The van der Waals surface area contributed by atoms with Crippen molar-refractivity contribution in [2.45, 2.75) is 11.8 Å². The van der Waals surface area contributed by atoms with Gasteiger partial charge in [-0.1, -0.05) is 23.7 Å². The van der Waals surface area contributed by atoms with E-state index < -0.39 is 26.6 Å². The van der Waals surface area contributed by atoms with E-state index >= 15 is 0 Å². The Balaban J connectivity index is 1.83. The Kier molecular flexibility index (Phi) is 6.31. The summed E-state index contributed by atoms with van der Waals surface area (Å²) in [6.45, 7) is 1.85. The first-order chi connectivity index (χ1) is 13.7. The minimum absolute atomic E-state index is 0.0453. The quantitative estimate of drug-likeness (QED) is 0.532. The predicted molar refractivity (Wildman–Crippen MR) is 113 cm³/mol. The van der Waals surface area contributed by atoms with Crippen LogP contribution in [0.3, 0.4) is 0 Å². The minimum atomic E-state index is -4.21. The van der Waals surface area contributed by atoms with Crippen molar-refractivity contribution in [2.24, 2.45) is 0 Å². The number of rotatable bonds is 6. The van der Waals surface area contributed by atoms with Gasteiger partial charge in [-0.2, -0.15) is 0 Å². The third-order valence-electron chi connectivity index (χ3n) is 3.65. The van der Waals surface area contributed by atoms with Gasteiger partial charge < -0.3 is 5.32 Å². The average molecular weight is 452 g/mol. The maximum atomic E-state index is 13.9. The molecular weight excluding hydrogens is 437 g/mol. The molecule has 6 nitrogen and oxygen atoms in total. The molecule has 0 atom stereocenters. The van der Waals surface area contributed by atoms with Gasteiger partial charge in [0, 0.05) is 16.5 Å². The molecule has 10 heteroatoms. The average Bonchev–Trinajstić information content (AvgIpc) is 3.08. The molecule has 150 valence electrons. The van der Waals surface area contributed by atoms with Crippen LogP contribution in [0.1, 0.15) is 10.7 Å². The van der Waals surface area contributed by atoms with Gasteiger partial charge in [-0.05, 0) is 43.3 Å². The van der Waals surface area contributed by atoms with Crippen molar-refractivity contribution >= 4 is 56.3 Å². The standard InChI is InChI=1S/C19H15ClFN3O3S2/c1-12-22-14(11-28-12)7-9-19(25)23-17-10-13(20)6-8-16(17)24-29(26,27)18-5-3-2-4-15(18)21/h2-11,24H,1H3,(H,23,25)/b9-7+. The molecule has 0 fully saturated rings. The normalized spacial score (nSPS) is 11.6. The molecule has 0 aliphatic rings. The first-order valence-corrected chi connectivity index (χ1v) is 11.0. The molecule has 0 aliphatic heterocycles. The van der Waals surface area contributed by atoms with Crippen molar-refractivity contribution < 1.29 is 17.6 Å². The number of anilines is 2. The lowest BCUT2D eigenvalue weighted by Crippen LogP contribution is -2.17. The lowest BCUT2D eigenvalue weighted by atomic mass is 10.2. The third kappa shape index (κ3) is 5.41. The van der Waals surface area contributed by atoms with E-state index in [1.165, 1.54) is 53.8 Å². The summed E-state index contributed by atoms with van der Waals surface area (Å²) in [6.07, 6.45) is 2.80. The highest BCUT2D eigenvalue weighted by atomic mass is 35.5. The Morgan fingerprint density at radius 3 is 2.66 bits per heavy atom. The number of hydrogen-bond acceptors (Lipinski definition) is 5. The fraction of sp³-hybridized carbons (Fsp3) is 0.0526. The highest BCUT2D eigenvalue weighted by Gasteiger charge is 2.20. The Morgan fingerprint density at radius 1 is 1.21 bits per heavy atom. The fourth-order valence-corrected chi connectivity index (χ4v) is 4.28. The first kappa shape index (κ1) is 21.0. The van der Waals surface area contributed by atoms with Crippen LogP contribution in [-0.4, -0.2) is 19.3 Å². The summed E-state index contributed by atoms with van der Waals surface area (Å²) in [7, 11) is -4.21. The number of carbonyl (C=O) groups excluding carboxylic acids is 1. The molecule has 0 unspecified atom stereocenters. The zero-order chi connectivity index (χ0) is 21.0. The topological polar surface area (TPSA) is 88.2 Å². The van der Waals surface area contributed by atoms with Crippen LogP contribution in [0, 0.1) is 12.7 Å². The fourth-order valence-electron chi connectivity index (χ4n) is 2.36. The second kappa shape index (κ2) is 8.73. The number of nitrogens with zero attached hydrogens (tertiary/aromatic N) is 1. The van der Waals surface area contributed by atoms with Gasteiger partial charge in [0.05, 0.1) is 22.1 Å². The molecule has 1 amide bonds. The van der Waals surface area contributed by atoms with Crippen LogP contribution < -0.4 is 10.0 Å². The number of aromatic nitrogens is 1. The van der Waals surface area contributed by atoms with Gasteiger partial charge in [-0.15, -0.1) is 11.3 Å². The SMILES string of the molecule is Cc1nc(/C=C/C(=O)Nc2cc(Cl)ccc2NS(=O)(=O)c2ccccc2F)cs1. The predicted octanol–water partition coefficient (Wildman–Crippen LogP) is 4.70. The molecule has 3 aromatic rings. The van der Waals surface area contributed by atoms with Crippen LogP contribution in [0.2, 0.25) is 5.02 Å². The van der Waals surface area contributed by atoms with E-state index in [0.29, 0.717) is 5.69 Å². The minimum Gasteiger partial charge on any atom is -0.321 e. The number of benzene rings is 2. The molecule has 1 aromatic heterocycles. The third-order valence-corrected chi connectivity index (χ3v) is 6.08. The monoisotopic (exact) mass is 451 g/mol. The van der Waals surface area contributed by atoms with Crippen LogP contribution in [0.5, 0.6) is 0 Å². The molecule has 29 heavy (non-hydrogen) atoms.